The Labute approximate surface area is 97.9 Å². The molecule has 0 radical (unpaired) electrons. The maximum atomic E-state index is 12.0. The quantitative estimate of drug-likeness (QED) is 0.742. The Morgan fingerprint density at radius 1 is 1.38 bits per heavy atom. The lowest BCUT2D eigenvalue weighted by atomic mass is 9.85. The molecule has 0 saturated carbocycles. The average Bonchev–Trinajstić information content (AvgIpc) is 2.15. The van der Waals surface area contributed by atoms with Crippen LogP contribution in [0.5, 0.6) is 0 Å². The summed E-state index contributed by atoms with van der Waals surface area (Å²) in [7, 11) is 0. The Kier molecular flexibility index (Phi) is 3.97. The van der Waals surface area contributed by atoms with E-state index in [1.165, 1.54) is 0 Å². The Hall–Kier alpha value is -0.610. The van der Waals surface area contributed by atoms with Crippen molar-refractivity contribution in [1.82, 2.24) is 5.32 Å². The second-order valence-electron chi connectivity index (χ2n) is 6.01. The van der Waals surface area contributed by atoms with Crippen molar-refractivity contribution >= 4 is 5.91 Å². The van der Waals surface area contributed by atoms with Crippen LogP contribution < -0.4 is 11.1 Å². The summed E-state index contributed by atoms with van der Waals surface area (Å²) >= 11 is 0. The van der Waals surface area contributed by atoms with Crippen LogP contribution in [0.2, 0.25) is 0 Å². The Morgan fingerprint density at radius 3 is 2.31 bits per heavy atom. The molecule has 0 aromatic heterocycles. The van der Waals surface area contributed by atoms with E-state index in [-0.39, 0.29) is 16.9 Å². The van der Waals surface area contributed by atoms with Crippen molar-refractivity contribution in [3.63, 3.8) is 0 Å². The SMILES string of the molecule is CC1(NC(=O)[C@H](N)C(C)(C)C)CCOCC1. The molecule has 4 heteroatoms. The highest BCUT2D eigenvalue weighted by Crippen LogP contribution is 2.22. The highest BCUT2D eigenvalue weighted by atomic mass is 16.5. The molecular weight excluding hydrogens is 204 g/mol. The van der Waals surface area contributed by atoms with Crippen LogP contribution in [0.4, 0.5) is 0 Å². The maximum absolute atomic E-state index is 12.0. The van der Waals surface area contributed by atoms with E-state index in [0.29, 0.717) is 13.2 Å². The average molecular weight is 228 g/mol. The van der Waals surface area contributed by atoms with Gasteiger partial charge in [-0.05, 0) is 25.2 Å². The monoisotopic (exact) mass is 228 g/mol. The molecule has 0 aliphatic carbocycles. The molecule has 1 amide bonds. The highest BCUT2D eigenvalue weighted by Gasteiger charge is 2.34. The maximum Gasteiger partial charge on any atom is 0.237 e. The molecule has 3 N–H and O–H groups in total. The minimum Gasteiger partial charge on any atom is -0.381 e. The van der Waals surface area contributed by atoms with Gasteiger partial charge in [-0.3, -0.25) is 4.79 Å². The van der Waals surface area contributed by atoms with Gasteiger partial charge in [0.1, 0.15) is 0 Å². The molecule has 0 unspecified atom stereocenters. The second-order valence-corrected chi connectivity index (χ2v) is 6.01. The minimum atomic E-state index is -0.466. The fourth-order valence-corrected chi connectivity index (χ4v) is 1.72. The molecule has 1 rings (SSSR count). The fraction of sp³-hybridized carbons (Fsp3) is 0.917. The molecule has 1 heterocycles. The zero-order valence-corrected chi connectivity index (χ0v) is 10.8. The Morgan fingerprint density at radius 2 is 1.88 bits per heavy atom. The van der Waals surface area contributed by atoms with Gasteiger partial charge in [-0.25, -0.2) is 0 Å². The van der Waals surface area contributed by atoms with Gasteiger partial charge >= 0.3 is 0 Å². The van der Waals surface area contributed by atoms with Gasteiger partial charge in [-0.1, -0.05) is 20.8 Å². The van der Waals surface area contributed by atoms with E-state index in [9.17, 15) is 4.79 Å². The predicted octanol–water partition coefficient (Wildman–Crippen LogP) is 1.05. The summed E-state index contributed by atoms with van der Waals surface area (Å²) in [6.45, 7) is 9.41. The van der Waals surface area contributed by atoms with Gasteiger partial charge in [0.05, 0.1) is 6.04 Å². The van der Waals surface area contributed by atoms with Gasteiger partial charge in [0, 0.05) is 18.8 Å². The summed E-state index contributed by atoms with van der Waals surface area (Å²) in [4.78, 5) is 12.0. The van der Waals surface area contributed by atoms with Gasteiger partial charge in [-0.2, -0.15) is 0 Å². The van der Waals surface area contributed by atoms with Crippen LogP contribution in [-0.2, 0) is 9.53 Å². The third kappa shape index (κ3) is 3.46. The number of carbonyl (C=O) groups is 1. The molecule has 1 atom stereocenters. The molecule has 1 aliphatic heterocycles. The summed E-state index contributed by atoms with van der Waals surface area (Å²) < 4.78 is 5.29. The van der Waals surface area contributed by atoms with Crippen molar-refractivity contribution in [2.45, 2.75) is 52.1 Å². The topological polar surface area (TPSA) is 64.4 Å². The number of rotatable bonds is 2. The van der Waals surface area contributed by atoms with Crippen LogP contribution in [0, 0.1) is 5.41 Å². The van der Waals surface area contributed by atoms with Crippen molar-refractivity contribution < 1.29 is 9.53 Å². The standard InChI is InChI=1S/C12H24N2O2/c1-11(2,3)9(13)10(15)14-12(4)5-7-16-8-6-12/h9H,5-8,13H2,1-4H3,(H,14,15)/t9-/m0/s1. The molecule has 0 aromatic carbocycles. The highest BCUT2D eigenvalue weighted by molar-refractivity contribution is 5.83. The number of ether oxygens (including phenoxy) is 1. The molecular formula is C12H24N2O2. The van der Waals surface area contributed by atoms with Crippen molar-refractivity contribution in [2.75, 3.05) is 13.2 Å². The number of hydrogen-bond donors (Lipinski definition) is 2. The van der Waals surface area contributed by atoms with E-state index in [0.717, 1.165) is 12.8 Å². The zero-order valence-electron chi connectivity index (χ0n) is 10.8. The lowest BCUT2D eigenvalue weighted by molar-refractivity contribution is -0.127. The van der Waals surface area contributed by atoms with Crippen molar-refractivity contribution in [3.05, 3.63) is 0 Å². The van der Waals surface area contributed by atoms with E-state index >= 15 is 0 Å². The molecule has 16 heavy (non-hydrogen) atoms. The molecule has 1 fully saturated rings. The second kappa shape index (κ2) is 4.72. The first kappa shape index (κ1) is 13.5. The Bertz CT molecular complexity index is 252. The number of hydrogen-bond acceptors (Lipinski definition) is 3. The molecule has 1 saturated heterocycles. The Balaban J connectivity index is 2.56. The molecule has 0 spiro atoms. The van der Waals surface area contributed by atoms with E-state index in [4.69, 9.17) is 10.5 Å². The minimum absolute atomic E-state index is 0.0584. The van der Waals surface area contributed by atoms with Gasteiger partial charge in [-0.15, -0.1) is 0 Å². The van der Waals surface area contributed by atoms with Crippen LogP contribution in [0.25, 0.3) is 0 Å². The van der Waals surface area contributed by atoms with Crippen LogP contribution in [0.15, 0.2) is 0 Å². The lowest BCUT2D eigenvalue weighted by Gasteiger charge is -2.37. The van der Waals surface area contributed by atoms with Crippen molar-refractivity contribution in [1.29, 1.82) is 0 Å². The molecule has 1 aliphatic rings. The molecule has 4 nitrogen and oxygen atoms in total. The van der Waals surface area contributed by atoms with Gasteiger partial charge in [0.2, 0.25) is 5.91 Å². The molecule has 94 valence electrons. The van der Waals surface area contributed by atoms with Crippen LogP contribution in [0.3, 0.4) is 0 Å². The summed E-state index contributed by atoms with van der Waals surface area (Å²) in [5, 5.41) is 3.06. The number of carbonyl (C=O) groups excluding carboxylic acids is 1. The summed E-state index contributed by atoms with van der Waals surface area (Å²) in [5.74, 6) is -0.0584. The number of nitrogens with one attached hydrogen (secondary N) is 1. The third-order valence-corrected chi connectivity index (χ3v) is 3.24. The van der Waals surface area contributed by atoms with Crippen LogP contribution in [-0.4, -0.2) is 30.7 Å². The fourth-order valence-electron chi connectivity index (χ4n) is 1.72. The van der Waals surface area contributed by atoms with Crippen molar-refractivity contribution in [3.8, 4) is 0 Å². The lowest BCUT2D eigenvalue weighted by Crippen LogP contribution is -2.57. The van der Waals surface area contributed by atoms with Crippen LogP contribution in [0.1, 0.15) is 40.5 Å². The predicted molar refractivity (Wildman–Crippen MR) is 64.0 cm³/mol. The first-order valence-corrected chi connectivity index (χ1v) is 5.90. The first-order valence-electron chi connectivity index (χ1n) is 5.90. The summed E-state index contributed by atoms with van der Waals surface area (Å²) in [6, 6.07) is -0.466. The van der Waals surface area contributed by atoms with Gasteiger partial charge in [0.15, 0.2) is 0 Å². The van der Waals surface area contributed by atoms with Gasteiger partial charge in [0.25, 0.3) is 0 Å². The zero-order chi connectivity index (χ0) is 12.4. The molecule has 0 aromatic rings. The van der Waals surface area contributed by atoms with Crippen LogP contribution >= 0.6 is 0 Å². The first-order chi connectivity index (χ1) is 7.25. The normalized spacial score (nSPS) is 22.6. The smallest absolute Gasteiger partial charge is 0.237 e. The van der Waals surface area contributed by atoms with Gasteiger partial charge < -0.3 is 15.8 Å². The number of amides is 1. The largest absolute Gasteiger partial charge is 0.381 e. The van der Waals surface area contributed by atoms with E-state index in [2.05, 4.69) is 12.2 Å². The summed E-state index contributed by atoms with van der Waals surface area (Å²) in [6.07, 6.45) is 1.71. The van der Waals surface area contributed by atoms with Crippen molar-refractivity contribution in [2.24, 2.45) is 11.1 Å². The van der Waals surface area contributed by atoms with E-state index < -0.39 is 6.04 Å². The molecule has 0 bridgehead atoms. The third-order valence-electron chi connectivity index (χ3n) is 3.24. The van der Waals surface area contributed by atoms with E-state index in [1.54, 1.807) is 0 Å². The summed E-state index contributed by atoms with van der Waals surface area (Å²) in [5.41, 5.74) is 5.57. The number of nitrogens with two attached hydrogens (primary N) is 1. The van der Waals surface area contributed by atoms with E-state index in [1.807, 2.05) is 20.8 Å².